The molecule has 1 fully saturated rings. The van der Waals surface area contributed by atoms with Gasteiger partial charge in [-0.15, -0.1) is 0 Å². The minimum atomic E-state index is -0.380. The molecule has 1 heterocycles. The second kappa shape index (κ2) is 5.72. The highest BCUT2D eigenvalue weighted by molar-refractivity contribution is 9.11. The first-order valence-corrected chi connectivity index (χ1v) is 8.23. The molecule has 9 heteroatoms. The Hall–Kier alpha value is 1.51. The van der Waals surface area contributed by atoms with E-state index < -0.39 is 0 Å². The van der Waals surface area contributed by atoms with Gasteiger partial charge in [0.2, 0.25) is 0 Å². The normalized spacial score (nSPS) is 19.5. The van der Waals surface area contributed by atoms with Crippen LogP contribution in [0.5, 0.6) is 0 Å². The fourth-order valence-electron chi connectivity index (χ4n) is 1.40. The Bertz CT molecular complexity index is 245. The summed E-state index contributed by atoms with van der Waals surface area (Å²) >= 11 is 10.8. The first-order valence-electron chi connectivity index (χ1n) is 5.85. The molecule has 0 atom stereocenters. The molecular formula is C9H18B3Br3O3. The highest BCUT2D eigenvalue weighted by Crippen LogP contribution is 2.35. The molecule has 0 aromatic heterocycles. The zero-order chi connectivity index (χ0) is 14.4. The highest BCUT2D eigenvalue weighted by Gasteiger charge is 2.55. The van der Waals surface area contributed by atoms with Crippen molar-refractivity contribution < 1.29 is 13.7 Å². The van der Waals surface area contributed by atoms with Gasteiger partial charge in [0, 0.05) is 0 Å². The summed E-state index contributed by atoms with van der Waals surface area (Å²) < 4.78 is 16.8. The molecule has 0 unspecified atom stereocenters. The van der Waals surface area contributed by atoms with E-state index in [1.54, 1.807) is 0 Å². The van der Waals surface area contributed by atoms with E-state index in [4.69, 9.17) is 13.7 Å². The zero-order valence-electron chi connectivity index (χ0n) is 11.6. The van der Waals surface area contributed by atoms with Crippen molar-refractivity contribution in [1.82, 2.24) is 0 Å². The summed E-state index contributed by atoms with van der Waals surface area (Å²) in [5.41, 5.74) is 0. The van der Waals surface area contributed by atoms with Crippen molar-refractivity contribution in [2.75, 3.05) is 0 Å². The maximum Gasteiger partial charge on any atom is 0.446 e. The van der Waals surface area contributed by atoms with Crippen LogP contribution >= 0.6 is 47.8 Å². The van der Waals surface area contributed by atoms with Gasteiger partial charge in [-0.2, -0.15) is 0 Å². The van der Waals surface area contributed by atoms with Gasteiger partial charge in [-0.3, -0.25) is 0 Å². The lowest BCUT2D eigenvalue weighted by molar-refractivity contribution is 0.256. The summed E-state index contributed by atoms with van der Waals surface area (Å²) in [6.07, 6.45) is 0. The van der Waals surface area contributed by atoms with E-state index in [9.17, 15) is 0 Å². The molecular weight excluding hydrogens is 428 g/mol. The van der Waals surface area contributed by atoms with Crippen LogP contribution in [0.15, 0.2) is 0 Å². The molecule has 0 N–H and O–H groups in total. The van der Waals surface area contributed by atoms with Crippen LogP contribution in [0.3, 0.4) is 0 Å². The lowest BCUT2D eigenvalue weighted by Gasteiger charge is -2.42. The van der Waals surface area contributed by atoms with Gasteiger partial charge < -0.3 is 13.7 Å². The number of alkyl halides is 3. The first-order chi connectivity index (χ1) is 7.82. The molecule has 102 valence electrons. The molecule has 3 nitrogen and oxygen atoms in total. The lowest BCUT2D eigenvalue weighted by atomic mass is 9.57. The third kappa shape index (κ3) is 4.81. The van der Waals surface area contributed by atoms with Crippen molar-refractivity contribution in [3.05, 3.63) is 0 Å². The van der Waals surface area contributed by atoms with Crippen LogP contribution in [0.25, 0.3) is 0 Å². The van der Waals surface area contributed by atoms with Gasteiger partial charge in [0.1, 0.15) is 0 Å². The van der Waals surface area contributed by atoms with E-state index in [1.165, 1.54) is 0 Å². The van der Waals surface area contributed by atoms with Gasteiger partial charge in [0.15, 0.2) is 0 Å². The zero-order valence-corrected chi connectivity index (χ0v) is 16.3. The van der Waals surface area contributed by atoms with Crippen molar-refractivity contribution in [1.29, 1.82) is 0 Å². The summed E-state index contributed by atoms with van der Waals surface area (Å²) in [4.78, 5) is 0. The van der Waals surface area contributed by atoms with Crippen LogP contribution in [0.2, 0.25) is 0 Å². The lowest BCUT2D eigenvalue weighted by Crippen LogP contribution is -2.64. The Morgan fingerprint density at radius 3 is 0.833 bits per heavy atom. The molecule has 1 aliphatic heterocycles. The number of halogens is 3. The second-order valence-electron chi connectivity index (χ2n) is 6.10. The van der Waals surface area contributed by atoms with Crippen LogP contribution in [0.1, 0.15) is 41.5 Å². The van der Waals surface area contributed by atoms with Crippen LogP contribution in [0.4, 0.5) is 0 Å². The Morgan fingerprint density at radius 1 is 0.556 bits per heavy atom. The summed E-state index contributed by atoms with van der Waals surface area (Å²) in [6.45, 7) is 12.1. The first kappa shape index (κ1) is 17.6. The van der Waals surface area contributed by atoms with Crippen LogP contribution in [-0.2, 0) is 13.7 Å². The SMILES string of the molecule is CC(C)(Br)B1OB(C(C)(C)Br)OB(C(C)(C)Br)O1. The molecule has 0 bridgehead atoms. The van der Waals surface area contributed by atoms with E-state index >= 15 is 0 Å². The van der Waals surface area contributed by atoms with Gasteiger partial charge in [-0.05, 0) is 0 Å². The summed E-state index contributed by atoms with van der Waals surface area (Å²) in [7, 11) is -1.14. The maximum absolute atomic E-state index is 5.88. The topological polar surface area (TPSA) is 27.7 Å². The van der Waals surface area contributed by atoms with E-state index in [0.29, 0.717) is 0 Å². The maximum atomic E-state index is 5.88. The average molecular weight is 446 g/mol. The largest absolute Gasteiger partial charge is 0.451 e. The van der Waals surface area contributed by atoms with E-state index in [2.05, 4.69) is 47.8 Å². The predicted octanol–water partition coefficient (Wildman–Crippen LogP) is 3.65. The molecule has 0 aliphatic carbocycles. The van der Waals surface area contributed by atoms with Crippen molar-refractivity contribution >= 4 is 69.1 Å². The number of hydrogen-bond donors (Lipinski definition) is 0. The summed E-state index contributed by atoms with van der Waals surface area (Å²) in [5.74, 6) is 0. The minimum absolute atomic E-state index is 0.288. The molecule has 1 saturated heterocycles. The van der Waals surface area contributed by atoms with E-state index in [-0.39, 0.29) is 34.0 Å². The fourth-order valence-corrected chi connectivity index (χ4v) is 2.05. The molecule has 1 rings (SSSR count). The van der Waals surface area contributed by atoms with E-state index in [1.807, 2.05) is 41.5 Å². The molecule has 1 aliphatic rings. The van der Waals surface area contributed by atoms with Gasteiger partial charge in [-0.25, -0.2) is 0 Å². The predicted molar refractivity (Wildman–Crippen MR) is 89.5 cm³/mol. The Labute approximate surface area is 136 Å². The number of hydrogen-bond acceptors (Lipinski definition) is 3. The monoisotopic (exact) mass is 444 g/mol. The Kier molecular flexibility index (Phi) is 5.58. The minimum Gasteiger partial charge on any atom is -0.451 e. The molecule has 0 amide bonds. The van der Waals surface area contributed by atoms with Crippen molar-refractivity contribution in [2.24, 2.45) is 0 Å². The third-order valence-electron chi connectivity index (χ3n) is 2.42. The summed E-state index contributed by atoms with van der Waals surface area (Å²) in [6, 6.07) is 0. The van der Waals surface area contributed by atoms with Gasteiger partial charge >= 0.3 is 21.4 Å². The van der Waals surface area contributed by atoms with Gasteiger partial charge in [0.25, 0.3) is 0 Å². The molecule has 0 radical (unpaired) electrons. The van der Waals surface area contributed by atoms with Crippen LogP contribution < -0.4 is 0 Å². The van der Waals surface area contributed by atoms with Crippen LogP contribution in [-0.4, -0.2) is 34.0 Å². The fraction of sp³-hybridized carbons (Fsp3) is 1.00. The van der Waals surface area contributed by atoms with Crippen molar-refractivity contribution in [2.45, 2.75) is 54.2 Å². The molecule has 0 saturated carbocycles. The van der Waals surface area contributed by atoms with Crippen LogP contribution in [0, 0.1) is 0 Å². The molecule has 0 aromatic rings. The Morgan fingerprint density at radius 2 is 0.722 bits per heavy atom. The van der Waals surface area contributed by atoms with Gasteiger partial charge in [-0.1, -0.05) is 89.3 Å². The van der Waals surface area contributed by atoms with Crippen molar-refractivity contribution in [3.8, 4) is 0 Å². The smallest absolute Gasteiger partial charge is 0.446 e. The average Bonchev–Trinajstić information content (AvgIpc) is 2.13. The molecule has 18 heavy (non-hydrogen) atoms. The standard InChI is InChI=1S/C9H18B3Br3O3/c1-7(2,13)10-16-11(8(3,4)14)18-12(17-10)9(5,6)15/h1-6H3. The number of rotatable bonds is 3. The molecule has 0 aromatic carbocycles. The Balaban J connectivity index is 2.93. The van der Waals surface area contributed by atoms with Gasteiger partial charge in [0.05, 0.1) is 12.7 Å². The highest BCUT2D eigenvalue weighted by atomic mass is 79.9. The third-order valence-corrected chi connectivity index (χ3v) is 3.54. The van der Waals surface area contributed by atoms with Crippen molar-refractivity contribution in [3.63, 3.8) is 0 Å². The quantitative estimate of drug-likeness (QED) is 0.490. The molecule has 0 spiro atoms. The second-order valence-corrected chi connectivity index (χ2v) is 12.2. The summed E-state index contributed by atoms with van der Waals surface area (Å²) in [5, 5.41) is 0. The van der Waals surface area contributed by atoms with E-state index in [0.717, 1.165) is 0 Å².